The fraction of sp³-hybridized carbons (Fsp3) is 0.600. The summed E-state index contributed by atoms with van der Waals surface area (Å²) in [6.45, 7) is 9.07. The molecular weight excluding hydrogens is 194 g/mol. The standard InChI is InChI=1S/C15H23N/c1-4-5-12-6-7-14-13(8-12)9-16-10-15(14)11(2)3/h6-8,11,15-16H,4-5,9-10H2,1-3H3. The van der Waals surface area contributed by atoms with Crippen molar-refractivity contribution in [1.82, 2.24) is 5.32 Å². The molecule has 1 unspecified atom stereocenters. The number of fused-ring (bicyclic) bond motifs is 1. The largest absolute Gasteiger partial charge is 0.312 e. The van der Waals surface area contributed by atoms with Crippen LogP contribution in [0, 0.1) is 5.92 Å². The number of nitrogens with one attached hydrogen (secondary N) is 1. The Bertz CT molecular complexity index is 354. The molecule has 0 saturated heterocycles. The van der Waals surface area contributed by atoms with Crippen LogP contribution in [0.5, 0.6) is 0 Å². The van der Waals surface area contributed by atoms with Gasteiger partial charge in [-0.05, 0) is 34.9 Å². The monoisotopic (exact) mass is 217 g/mol. The summed E-state index contributed by atoms with van der Waals surface area (Å²) in [6, 6.07) is 7.09. The molecule has 0 aromatic heterocycles. The Balaban J connectivity index is 2.29. The van der Waals surface area contributed by atoms with Crippen LogP contribution in [-0.4, -0.2) is 6.54 Å². The summed E-state index contributed by atoms with van der Waals surface area (Å²) < 4.78 is 0. The Kier molecular flexibility index (Phi) is 3.65. The van der Waals surface area contributed by atoms with Crippen molar-refractivity contribution in [3.8, 4) is 0 Å². The molecule has 16 heavy (non-hydrogen) atoms. The number of aryl methyl sites for hydroxylation is 1. The lowest BCUT2D eigenvalue weighted by Crippen LogP contribution is -2.30. The predicted octanol–water partition coefficient (Wildman–Crippen LogP) is 3.48. The lowest BCUT2D eigenvalue weighted by molar-refractivity contribution is 0.435. The van der Waals surface area contributed by atoms with Crippen LogP contribution in [0.4, 0.5) is 0 Å². The van der Waals surface area contributed by atoms with E-state index in [1.54, 1.807) is 5.56 Å². The van der Waals surface area contributed by atoms with Crippen molar-refractivity contribution in [2.24, 2.45) is 5.92 Å². The van der Waals surface area contributed by atoms with E-state index in [-0.39, 0.29) is 0 Å². The number of benzene rings is 1. The molecule has 0 fully saturated rings. The molecule has 88 valence electrons. The van der Waals surface area contributed by atoms with Gasteiger partial charge in [-0.2, -0.15) is 0 Å². The first kappa shape index (κ1) is 11.7. The summed E-state index contributed by atoms with van der Waals surface area (Å²) in [4.78, 5) is 0. The van der Waals surface area contributed by atoms with Gasteiger partial charge < -0.3 is 5.32 Å². The molecule has 0 bridgehead atoms. The Hall–Kier alpha value is -0.820. The zero-order valence-electron chi connectivity index (χ0n) is 10.7. The molecule has 0 radical (unpaired) electrons. The lowest BCUT2D eigenvalue weighted by atomic mass is 9.82. The Morgan fingerprint density at radius 1 is 1.38 bits per heavy atom. The van der Waals surface area contributed by atoms with Crippen LogP contribution >= 0.6 is 0 Å². The average Bonchev–Trinajstić information content (AvgIpc) is 2.28. The fourth-order valence-corrected chi connectivity index (χ4v) is 2.69. The van der Waals surface area contributed by atoms with E-state index in [0.717, 1.165) is 19.0 Å². The fourth-order valence-electron chi connectivity index (χ4n) is 2.69. The van der Waals surface area contributed by atoms with Gasteiger partial charge in [0.15, 0.2) is 0 Å². The summed E-state index contributed by atoms with van der Waals surface area (Å²) >= 11 is 0. The first-order valence-corrected chi connectivity index (χ1v) is 6.54. The van der Waals surface area contributed by atoms with Crippen LogP contribution in [0.1, 0.15) is 49.8 Å². The zero-order valence-corrected chi connectivity index (χ0v) is 10.7. The summed E-state index contributed by atoms with van der Waals surface area (Å²) in [5, 5.41) is 3.54. The molecule has 1 N–H and O–H groups in total. The van der Waals surface area contributed by atoms with Gasteiger partial charge in [-0.3, -0.25) is 0 Å². The number of hydrogen-bond donors (Lipinski definition) is 1. The molecule has 1 heterocycles. The van der Waals surface area contributed by atoms with Crippen molar-refractivity contribution in [2.75, 3.05) is 6.54 Å². The van der Waals surface area contributed by atoms with E-state index < -0.39 is 0 Å². The van der Waals surface area contributed by atoms with E-state index in [1.165, 1.54) is 24.0 Å². The van der Waals surface area contributed by atoms with Crippen LogP contribution in [0.15, 0.2) is 18.2 Å². The van der Waals surface area contributed by atoms with Gasteiger partial charge in [-0.1, -0.05) is 45.4 Å². The number of rotatable bonds is 3. The Labute approximate surface area is 99.3 Å². The van der Waals surface area contributed by atoms with Gasteiger partial charge in [0.05, 0.1) is 0 Å². The van der Waals surface area contributed by atoms with Gasteiger partial charge in [0, 0.05) is 13.1 Å². The lowest BCUT2D eigenvalue weighted by Gasteiger charge is -2.29. The average molecular weight is 217 g/mol. The van der Waals surface area contributed by atoms with Crippen molar-refractivity contribution in [2.45, 2.75) is 46.1 Å². The normalized spacial score (nSPS) is 19.9. The smallest absolute Gasteiger partial charge is 0.0208 e. The van der Waals surface area contributed by atoms with Crippen LogP contribution in [0.3, 0.4) is 0 Å². The second-order valence-corrected chi connectivity index (χ2v) is 5.26. The third-order valence-electron chi connectivity index (χ3n) is 3.63. The summed E-state index contributed by atoms with van der Waals surface area (Å²) in [7, 11) is 0. The molecule has 1 atom stereocenters. The SMILES string of the molecule is CCCc1ccc2c(c1)CNCC2C(C)C. The third kappa shape index (κ3) is 2.30. The van der Waals surface area contributed by atoms with Crippen LogP contribution in [-0.2, 0) is 13.0 Å². The van der Waals surface area contributed by atoms with E-state index in [2.05, 4.69) is 44.3 Å². The third-order valence-corrected chi connectivity index (χ3v) is 3.63. The molecule has 1 aromatic carbocycles. The maximum atomic E-state index is 3.54. The van der Waals surface area contributed by atoms with Crippen molar-refractivity contribution >= 4 is 0 Å². The van der Waals surface area contributed by atoms with E-state index >= 15 is 0 Å². The molecule has 1 heteroatoms. The van der Waals surface area contributed by atoms with Gasteiger partial charge in [-0.15, -0.1) is 0 Å². The highest BCUT2D eigenvalue weighted by molar-refractivity contribution is 5.36. The maximum absolute atomic E-state index is 3.54. The minimum Gasteiger partial charge on any atom is -0.312 e. The quantitative estimate of drug-likeness (QED) is 0.817. The molecule has 1 aliphatic heterocycles. The molecular formula is C15H23N. The van der Waals surface area contributed by atoms with Gasteiger partial charge in [0.2, 0.25) is 0 Å². The molecule has 0 aliphatic carbocycles. The molecule has 0 amide bonds. The zero-order chi connectivity index (χ0) is 11.5. The van der Waals surface area contributed by atoms with Gasteiger partial charge in [-0.25, -0.2) is 0 Å². The van der Waals surface area contributed by atoms with Crippen molar-refractivity contribution in [3.63, 3.8) is 0 Å². The molecule has 0 spiro atoms. The van der Waals surface area contributed by atoms with E-state index in [1.807, 2.05) is 0 Å². The van der Waals surface area contributed by atoms with Crippen LogP contribution in [0.2, 0.25) is 0 Å². The molecule has 1 nitrogen and oxygen atoms in total. The second kappa shape index (κ2) is 5.01. The maximum Gasteiger partial charge on any atom is 0.0208 e. The molecule has 0 saturated carbocycles. The van der Waals surface area contributed by atoms with Gasteiger partial charge in [0.25, 0.3) is 0 Å². The molecule has 1 aliphatic rings. The Morgan fingerprint density at radius 2 is 2.19 bits per heavy atom. The topological polar surface area (TPSA) is 12.0 Å². The minimum absolute atomic E-state index is 0.694. The second-order valence-electron chi connectivity index (χ2n) is 5.26. The minimum atomic E-state index is 0.694. The predicted molar refractivity (Wildman–Crippen MR) is 69.7 cm³/mol. The first-order valence-electron chi connectivity index (χ1n) is 6.54. The summed E-state index contributed by atoms with van der Waals surface area (Å²) in [6.07, 6.45) is 2.44. The first-order chi connectivity index (χ1) is 7.72. The highest BCUT2D eigenvalue weighted by Crippen LogP contribution is 2.30. The van der Waals surface area contributed by atoms with E-state index in [4.69, 9.17) is 0 Å². The summed E-state index contributed by atoms with van der Waals surface area (Å²) in [5.41, 5.74) is 4.59. The van der Waals surface area contributed by atoms with Crippen molar-refractivity contribution in [3.05, 3.63) is 34.9 Å². The van der Waals surface area contributed by atoms with Crippen LogP contribution < -0.4 is 5.32 Å². The molecule has 2 rings (SSSR count). The van der Waals surface area contributed by atoms with E-state index in [0.29, 0.717) is 5.92 Å². The van der Waals surface area contributed by atoms with Crippen molar-refractivity contribution < 1.29 is 0 Å². The van der Waals surface area contributed by atoms with Crippen molar-refractivity contribution in [1.29, 1.82) is 0 Å². The summed E-state index contributed by atoms with van der Waals surface area (Å²) in [5.74, 6) is 1.42. The highest BCUT2D eigenvalue weighted by atomic mass is 14.9. The Morgan fingerprint density at radius 3 is 2.88 bits per heavy atom. The molecule has 1 aromatic rings. The number of hydrogen-bond acceptors (Lipinski definition) is 1. The van der Waals surface area contributed by atoms with E-state index in [9.17, 15) is 0 Å². The van der Waals surface area contributed by atoms with Gasteiger partial charge >= 0.3 is 0 Å². The van der Waals surface area contributed by atoms with Gasteiger partial charge in [0.1, 0.15) is 0 Å². The highest BCUT2D eigenvalue weighted by Gasteiger charge is 2.22. The van der Waals surface area contributed by atoms with Crippen LogP contribution in [0.25, 0.3) is 0 Å².